The quantitative estimate of drug-likeness (QED) is 0.611. The molecule has 0 atom stereocenters. The predicted molar refractivity (Wildman–Crippen MR) is 77.6 cm³/mol. The average molecular weight is 332 g/mol. The molecule has 0 saturated carbocycles. The average Bonchev–Trinajstić information content (AvgIpc) is 2.42. The van der Waals surface area contributed by atoms with Gasteiger partial charge >= 0.3 is 6.18 Å². The number of benzene rings is 2. The van der Waals surface area contributed by atoms with Gasteiger partial charge in [0.2, 0.25) is 0 Å². The third-order valence-electron chi connectivity index (χ3n) is 2.65. The zero-order valence-corrected chi connectivity index (χ0v) is 11.7. The van der Waals surface area contributed by atoms with Crippen LogP contribution in [0.1, 0.15) is 5.56 Å². The Morgan fingerprint density at radius 3 is 2.09 bits per heavy atom. The highest BCUT2D eigenvalue weighted by atomic mass is 32.1. The lowest BCUT2D eigenvalue weighted by Crippen LogP contribution is -2.21. The molecule has 0 fully saturated rings. The van der Waals surface area contributed by atoms with Crippen LogP contribution in [0.5, 0.6) is 0 Å². The van der Waals surface area contributed by atoms with E-state index in [1.807, 2.05) is 0 Å². The van der Waals surface area contributed by atoms with Crippen LogP contribution in [-0.4, -0.2) is 5.11 Å². The Morgan fingerprint density at radius 1 is 0.909 bits per heavy atom. The summed E-state index contributed by atoms with van der Waals surface area (Å²) in [5, 5.41) is 4.49. The van der Waals surface area contributed by atoms with E-state index in [0.29, 0.717) is 0 Å². The minimum atomic E-state index is -4.50. The Bertz CT molecular complexity index is 680. The molecule has 2 N–H and O–H groups in total. The molecule has 0 radical (unpaired) electrons. The summed E-state index contributed by atoms with van der Waals surface area (Å²) in [4.78, 5) is 0. The van der Waals surface area contributed by atoms with Crippen molar-refractivity contribution in [1.82, 2.24) is 0 Å². The number of hydrogen-bond acceptors (Lipinski definition) is 1. The van der Waals surface area contributed by atoms with Crippen molar-refractivity contribution in [2.45, 2.75) is 6.18 Å². The second kappa shape index (κ2) is 6.27. The fourth-order valence-electron chi connectivity index (χ4n) is 1.67. The standard InChI is InChI=1S/C14H9F5N2S/c15-10-5-2-6-11(16)12(10)21-13(22)20-9-4-1-3-8(7-9)14(17,18)19/h1-7H,(H2,20,21,22). The number of para-hydroxylation sites is 1. The molecule has 8 heteroatoms. The number of alkyl halides is 3. The molecular formula is C14H9F5N2S. The molecule has 22 heavy (non-hydrogen) atoms. The van der Waals surface area contributed by atoms with Crippen LogP contribution < -0.4 is 10.6 Å². The summed E-state index contributed by atoms with van der Waals surface area (Å²) < 4.78 is 64.6. The van der Waals surface area contributed by atoms with Crippen molar-refractivity contribution in [1.29, 1.82) is 0 Å². The van der Waals surface area contributed by atoms with Gasteiger partial charge in [0.25, 0.3) is 0 Å². The SMILES string of the molecule is Fc1cccc(F)c1NC(=S)Nc1cccc(C(F)(F)F)c1. The van der Waals surface area contributed by atoms with Gasteiger partial charge in [-0.15, -0.1) is 0 Å². The first kappa shape index (κ1) is 16.2. The molecule has 2 nitrogen and oxygen atoms in total. The van der Waals surface area contributed by atoms with Crippen LogP contribution in [0.2, 0.25) is 0 Å². The highest BCUT2D eigenvalue weighted by Gasteiger charge is 2.30. The molecule has 0 heterocycles. The van der Waals surface area contributed by atoms with Crippen LogP contribution in [0.4, 0.5) is 33.3 Å². The molecule has 116 valence electrons. The van der Waals surface area contributed by atoms with Crippen molar-refractivity contribution in [3.63, 3.8) is 0 Å². The Kier molecular flexibility index (Phi) is 4.60. The van der Waals surface area contributed by atoms with Gasteiger partial charge in [-0.05, 0) is 42.5 Å². The summed E-state index contributed by atoms with van der Waals surface area (Å²) in [5.74, 6) is -1.73. The minimum Gasteiger partial charge on any atom is -0.332 e. The summed E-state index contributed by atoms with van der Waals surface area (Å²) in [6, 6.07) is 7.51. The topological polar surface area (TPSA) is 24.1 Å². The summed E-state index contributed by atoms with van der Waals surface area (Å²) in [5.41, 5.74) is -1.30. The normalized spacial score (nSPS) is 11.1. The van der Waals surface area contributed by atoms with Crippen LogP contribution in [0.15, 0.2) is 42.5 Å². The molecule has 0 bridgehead atoms. The lowest BCUT2D eigenvalue weighted by molar-refractivity contribution is -0.137. The van der Waals surface area contributed by atoms with Gasteiger partial charge in [-0.25, -0.2) is 8.78 Å². The largest absolute Gasteiger partial charge is 0.416 e. The molecule has 2 rings (SSSR count). The molecule has 0 aliphatic rings. The van der Waals surface area contributed by atoms with E-state index in [0.717, 1.165) is 24.3 Å². The molecule has 0 spiro atoms. The van der Waals surface area contributed by atoms with Crippen molar-refractivity contribution < 1.29 is 22.0 Å². The van der Waals surface area contributed by atoms with Crippen molar-refractivity contribution in [3.05, 3.63) is 59.7 Å². The second-order valence-corrected chi connectivity index (χ2v) is 4.66. The third kappa shape index (κ3) is 3.91. The maximum Gasteiger partial charge on any atom is 0.416 e. The second-order valence-electron chi connectivity index (χ2n) is 4.25. The van der Waals surface area contributed by atoms with Gasteiger partial charge in [-0.1, -0.05) is 12.1 Å². The number of nitrogens with one attached hydrogen (secondary N) is 2. The molecular weight excluding hydrogens is 323 g/mol. The van der Waals surface area contributed by atoms with E-state index in [1.54, 1.807) is 0 Å². The maximum atomic E-state index is 13.4. The van der Waals surface area contributed by atoms with Crippen LogP contribution >= 0.6 is 12.2 Å². The van der Waals surface area contributed by atoms with Crippen LogP contribution in [0.3, 0.4) is 0 Å². The number of hydrogen-bond donors (Lipinski definition) is 2. The van der Waals surface area contributed by atoms with Crippen molar-refractivity contribution in [2.24, 2.45) is 0 Å². The van der Waals surface area contributed by atoms with Gasteiger partial charge in [0.1, 0.15) is 17.3 Å². The number of thiocarbonyl (C=S) groups is 1. The van der Waals surface area contributed by atoms with Gasteiger partial charge in [-0.3, -0.25) is 0 Å². The summed E-state index contributed by atoms with van der Waals surface area (Å²) in [6.45, 7) is 0. The van der Waals surface area contributed by atoms with Gasteiger partial charge in [0.05, 0.1) is 5.56 Å². The van der Waals surface area contributed by atoms with Gasteiger partial charge in [0, 0.05) is 5.69 Å². The summed E-state index contributed by atoms with van der Waals surface area (Å²) in [7, 11) is 0. The third-order valence-corrected chi connectivity index (χ3v) is 2.85. The van der Waals surface area contributed by atoms with E-state index in [9.17, 15) is 22.0 Å². The van der Waals surface area contributed by atoms with Crippen LogP contribution in [-0.2, 0) is 6.18 Å². The Labute approximate surface area is 128 Å². The first-order chi connectivity index (χ1) is 10.3. The Morgan fingerprint density at radius 2 is 1.50 bits per heavy atom. The van der Waals surface area contributed by atoms with E-state index in [2.05, 4.69) is 10.6 Å². The zero-order chi connectivity index (χ0) is 16.3. The smallest absolute Gasteiger partial charge is 0.332 e. The van der Waals surface area contributed by atoms with Gasteiger partial charge < -0.3 is 10.6 Å². The molecule has 0 saturated heterocycles. The van der Waals surface area contributed by atoms with E-state index >= 15 is 0 Å². The van der Waals surface area contributed by atoms with Crippen molar-refractivity contribution >= 4 is 28.7 Å². The van der Waals surface area contributed by atoms with Gasteiger partial charge in [-0.2, -0.15) is 13.2 Å². The minimum absolute atomic E-state index is 0.0454. The molecule has 0 aromatic heterocycles. The predicted octanol–water partition coefficient (Wildman–Crippen LogP) is 4.79. The fraction of sp³-hybridized carbons (Fsp3) is 0.0714. The summed E-state index contributed by atoms with van der Waals surface area (Å²) in [6.07, 6.45) is -4.50. The van der Waals surface area contributed by atoms with Crippen molar-refractivity contribution in [2.75, 3.05) is 10.6 Å². The molecule has 0 unspecified atom stereocenters. The Hall–Kier alpha value is -2.22. The van der Waals surface area contributed by atoms with E-state index < -0.39 is 29.1 Å². The summed E-state index contributed by atoms with van der Waals surface area (Å²) >= 11 is 4.84. The number of rotatable bonds is 2. The first-order valence-corrected chi connectivity index (χ1v) is 6.37. The number of halogens is 5. The highest BCUT2D eigenvalue weighted by Crippen LogP contribution is 2.30. The molecule has 0 amide bonds. The highest BCUT2D eigenvalue weighted by molar-refractivity contribution is 7.80. The lowest BCUT2D eigenvalue weighted by atomic mass is 10.2. The van der Waals surface area contributed by atoms with E-state index in [-0.39, 0.29) is 10.8 Å². The van der Waals surface area contributed by atoms with Crippen molar-refractivity contribution in [3.8, 4) is 0 Å². The van der Waals surface area contributed by atoms with Crippen LogP contribution in [0.25, 0.3) is 0 Å². The molecule has 0 aliphatic heterocycles. The molecule has 0 aliphatic carbocycles. The zero-order valence-electron chi connectivity index (χ0n) is 10.8. The van der Waals surface area contributed by atoms with E-state index in [1.165, 1.54) is 18.2 Å². The van der Waals surface area contributed by atoms with Crippen LogP contribution in [0, 0.1) is 11.6 Å². The monoisotopic (exact) mass is 332 g/mol. The maximum absolute atomic E-state index is 13.4. The fourth-order valence-corrected chi connectivity index (χ4v) is 1.89. The van der Waals surface area contributed by atoms with E-state index in [4.69, 9.17) is 12.2 Å². The van der Waals surface area contributed by atoms with Gasteiger partial charge in [0.15, 0.2) is 5.11 Å². The Balaban J connectivity index is 2.13. The molecule has 2 aromatic carbocycles. The molecule has 2 aromatic rings. The number of anilines is 2. The first-order valence-electron chi connectivity index (χ1n) is 5.96. The lowest BCUT2D eigenvalue weighted by Gasteiger charge is -2.13.